The molecule has 0 aliphatic rings. The normalized spacial score (nSPS) is 10.6. The number of aliphatic hydroxyl groups excluding tert-OH is 1. The first-order valence-corrected chi connectivity index (χ1v) is 4.82. The van der Waals surface area contributed by atoms with E-state index in [0.717, 1.165) is 0 Å². The molecule has 0 radical (unpaired) electrons. The first-order chi connectivity index (χ1) is 7.74. The van der Waals surface area contributed by atoms with Crippen LogP contribution in [0, 0.1) is 0 Å². The number of hydrogen-bond acceptors (Lipinski definition) is 6. The second-order valence-corrected chi connectivity index (χ2v) is 3.00. The van der Waals surface area contributed by atoms with E-state index in [4.69, 9.17) is 19.5 Å². The number of hydrogen-bond donors (Lipinski definition) is 3. The zero-order chi connectivity index (χ0) is 11.8. The number of aliphatic hydroxyl groups is 1. The van der Waals surface area contributed by atoms with Crippen LogP contribution in [0.4, 0.5) is 0 Å². The average Bonchev–Trinajstić information content (AvgIpc) is 2.72. The molecule has 7 heteroatoms. The zero-order valence-corrected chi connectivity index (χ0v) is 8.68. The summed E-state index contributed by atoms with van der Waals surface area (Å²) >= 11 is 0. The first-order valence-electron chi connectivity index (χ1n) is 4.82. The largest absolute Gasteiger partial charge is 0.476 e. The van der Waals surface area contributed by atoms with Crippen molar-refractivity contribution in [2.45, 2.75) is 6.54 Å². The summed E-state index contributed by atoms with van der Waals surface area (Å²) in [7, 11) is 0. The molecule has 0 amide bonds. The lowest BCUT2D eigenvalue weighted by atomic mass is 10.3. The van der Waals surface area contributed by atoms with Gasteiger partial charge in [0, 0.05) is 12.6 Å². The Balaban J connectivity index is 2.14. The summed E-state index contributed by atoms with van der Waals surface area (Å²) in [5.41, 5.74) is -0.103. The second kappa shape index (κ2) is 6.94. The summed E-state index contributed by atoms with van der Waals surface area (Å²) in [5.74, 6) is -0.652. The molecule has 16 heavy (non-hydrogen) atoms. The number of carboxylic acid groups (broad SMARTS) is 1. The minimum Gasteiger partial charge on any atom is -0.476 e. The van der Waals surface area contributed by atoms with E-state index >= 15 is 0 Å². The lowest BCUT2D eigenvalue weighted by molar-refractivity contribution is 0.0685. The van der Waals surface area contributed by atoms with Crippen LogP contribution < -0.4 is 5.32 Å². The van der Waals surface area contributed by atoms with Gasteiger partial charge in [-0.25, -0.2) is 4.79 Å². The average molecular weight is 230 g/mol. The Kier molecular flexibility index (Phi) is 5.48. The van der Waals surface area contributed by atoms with E-state index in [0.29, 0.717) is 32.1 Å². The number of rotatable bonds is 8. The molecule has 1 rings (SSSR count). The fourth-order valence-corrected chi connectivity index (χ4v) is 1.02. The Labute approximate surface area is 92.0 Å². The smallest absolute Gasteiger partial charge is 0.358 e. The molecule has 0 aliphatic heterocycles. The van der Waals surface area contributed by atoms with Gasteiger partial charge in [-0.3, -0.25) is 0 Å². The van der Waals surface area contributed by atoms with E-state index in [2.05, 4.69) is 10.5 Å². The molecule has 1 heterocycles. The third-order valence-electron chi connectivity index (χ3n) is 1.74. The van der Waals surface area contributed by atoms with Crippen molar-refractivity contribution in [3.05, 3.63) is 17.5 Å². The van der Waals surface area contributed by atoms with E-state index in [1.165, 1.54) is 6.07 Å². The van der Waals surface area contributed by atoms with Gasteiger partial charge in [-0.15, -0.1) is 0 Å². The van der Waals surface area contributed by atoms with E-state index < -0.39 is 5.97 Å². The van der Waals surface area contributed by atoms with Crippen molar-refractivity contribution in [3.63, 3.8) is 0 Å². The van der Waals surface area contributed by atoms with Gasteiger partial charge >= 0.3 is 5.97 Å². The fourth-order valence-electron chi connectivity index (χ4n) is 1.02. The molecule has 1 aromatic rings. The summed E-state index contributed by atoms with van der Waals surface area (Å²) in [6.07, 6.45) is 0. The standard InChI is InChI=1S/C9H14N2O5/c12-2-4-15-3-1-10-6-7-5-8(9(13)14)11-16-7/h5,10,12H,1-4,6H2,(H,13,14). The first kappa shape index (κ1) is 12.6. The lowest BCUT2D eigenvalue weighted by Gasteiger charge is -2.02. The molecule has 7 nitrogen and oxygen atoms in total. The van der Waals surface area contributed by atoms with Crippen molar-refractivity contribution in [2.24, 2.45) is 0 Å². The predicted molar refractivity (Wildman–Crippen MR) is 53.1 cm³/mol. The molecule has 0 atom stereocenters. The summed E-state index contributed by atoms with van der Waals surface area (Å²) in [4.78, 5) is 10.5. The van der Waals surface area contributed by atoms with E-state index in [1.54, 1.807) is 0 Å². The van der Waals surface area contributed by atoms with Gasteiger partial charge in [0.1, 0.15) is 0 Å². The summed E-state index contributed by atoms with van der Waals surface area (Å²) in [6.45, 7) is 1.77. The predicted octanol–water partition coefficient (Wildman–Crippen LogP) is -0.529. The molecular formula is C9H14N2O5. The number of nitrogens with one attached hydrogen (secondary N) is 1. The third-order valence-corrected chi connectivity index (χ3v) is 1.74. The molecule has 0 bridgehead atoms. The van der Waals surface area contributed by atoms with Crippen molar-refractivity contribution in [1.29, 1.82) is 0 Å². The molecule has 1 aromatic heterocycles. The highest BCUT2D eigenvalue weighted by Crippen LogP contribution is 2.02. The number of nitrogens with zero attached hydrogens (tertiary/aromatic N) is 1. The maximum Gasteiger partial charge on any atom is 0.358 e. The Hall–Kier alpha value is -1.44. The Morgan fingerprint density at radius 2 is 2.38 bits per heavy atom. The van der Waals surface area contributed by atoms with Crippen LogP contribution in [0.5, 0.6) is 0 Å². The molecule has 0 aromatic carbocycles. The van der Waals surface area contributed by atoms with Crippen LogP contribution in [0.2, 0.25) is 0 Å². The van der Waals surface area contributed by atoms with Crippen molar-refractivity contribution in [3.8, 4) is 0 Å². The molecule has 0 fully saturated rings. The fraction of sp³-hybridized carbons (Fsp3) is 0.556. The maximum absolute atomic E-state index is 10.5. The van der Waals surface area contributed by atoms with Crippen LogP contribution in [0.3, 0.4) is 0 Å². The number of aromatic carboxylic acids is 1. The number of ether oxygens (including phenoxy) is 1. The third kappa shape index (κ3) is 4.39. The summed E-state index contributed by atoms with van der Waals surface area (Å²) in [5, 5.41) is 23.4. The highest BCUT2D eigenvalue weighted by atomic mass is 16.5. The van der Waals surface area contributed by atoms with Crippen molar-refractivity contribution in [1.82, 2.24) is 10.5 Å². The molecular weight excluding hydrogens is 216 g/mol. The van der Waals surface area contributed by atoms with Gasteiger partial charge in [0.2, 0.25) is 0 Å². The minimum absolute atomic E-state index is 0.00404. The number of aromatic nitrogens is 1. The van der Waals surface area contributed by atoms with Gasteiger partial charge < -0.3 is 24.8 Å². The summed E-state index contributed by atoms with van der Waals surface area (Å²) in [6, 6.07) is 1.36. The SMILES string of the molecule is O=C(O)c1cc(CNCCOCCO)on1. The van der Waals surface area contributed by atoms with Crippen LogP contribution in [-0.2, 0) is 11.3 Å². The van der Waals surface area contributed by atoms with Crippen LogP contribution in [0.25, 0.3) is 0 Å². The molecule has 0 spiro atoms. The molecule has 3 N–H and O–H groups in total. The second-order valence-electron chi connectivity index (χ2n) is 3.00. The Morgan fingerprint density at radius 3 is 3.00 bits per heavy atom. The molecule has 0 saturated carbocycles. The van der Waals surface area contributed by atoms with Gasteiger partial charge in [-0.2, -0.15) is 0 Å². The minimum atomic E-state index is -1.11. The topological polar surface area (TPSA) is 105 Å². The number of carboxylic acids is 1. The Bertz CT molecular complexity index is 325. The molecule has 0 unspecified atom stereocenters. The van der Waals surface area contributed by atoms with Crippen LogP contribution in [0.1, 0.15) is 16.2 Å². The van der Waals surface area contributed by atoms with Crippen molar-refractivity contribution in [2.75, 3.05) is 26.4 Å². The van der Waals surface area contributed by atoms with Gasteiger partial charge in [-0.05, 0) is 0 Å². The van der Waals surface area contributed by atoms with Gasteiger partial charge in [0.05, 0.1) is 26.4 Å². The van der Waals surface area contributed by atoms with E-state index in [1.807, 2.05) is 0 Å². The highest BCUT2D eigenvalue weighted by molar-refractivity contribution is 5.85. The van der Waals surface area contributed by atoms with Crippen molar-refractivity contribution < 1.29 is 24.3 Å². The lowest BCUT2D eigenvalue weighted by Crippen LogP contribution is -2.19. The van der Waals surface area contributed by atoms with Gasteiger partial charge in [0.25, 0.3) is 0 Å². The van der Waals surface area contributed by atoms with Crippen LogP contribution in [-0.4, -0.2) is 47.7 Å². The quantitative estimate of drug-likeness (QED) is 0.515. The van der Waals surface area contributed by atoms with Crippen LogP contribution in [0.15, 0.2) is 10.6 Å². The maximum atomic E-state index is 10.5. The Morgan fingerprint density at radius 1 is 1.56 bits per heavy atom. The molecule has 0 aliphatic carbocycles. The zero-order valence-electron chi connectivity index (χ0n) is 8.68. The van der Waals surface area contributed by atoms with Gasteiger partial charge in [-0.1, -0.05) is 5.16 Å². The van der Waals surface area contributed by atoms with Crippen molar-refractivity contribution >= 4 is 5.97 Å². The van der Waals surface area contributed by atoms with Gasteiger partial charge in [0.15, 0.2) is 11.5 Å². The number of carbonyl (C=O) groups is 1. The summed E-state index contributed by atoms with van der Waals surface area (Å²) < 4.78 is 9.79. The van der Waals surface area contributed by atoms with Crippen LogP contribution >= 0.6 is 0 Å². The highest BCUT2D eigenvalue weighted by Gasteiger charge is 2.09. The molecule has 90 valence electrons. The molecule has 0 saturated heterocycles. The van der Waals surface area contributed by atoms with E-state index in [-0.39, 0.29) is 12.3 Å². The van der Waals surface area contributed by atoms with E-state index in [9.17, 15) is 4.79 Å². The monoisotopic (exact) mass is 230 g/mol.